The molecule has 2 aromatic rings. The van der Waals surface area contributed by atoms with Gasteiger partial charge in [0.15, 0.2) is 11.5 Å². The monoisotopic (exact) mass is 345 g/mol. The summed E-state index contributed by atoms with van der Waals surface area (Å²) in [5.74, 6) is -0.380. The zero-order valence-electron chi connectivity index (χ0n) is 13.5. The second-order valence-electron chi connectivity index (χ2n) is 5.02. The van der Waals surface area contributed by atoms with Gasteiger partial charge >= 0.3 is 11.2 Å². The Labute approximate surface area is 142 Å². The fourth-order valence-electron chi connectivity index (χ4n) is 2.37. The summed E-state index contributed by atoms with van der Waals surface area (Å²) in [6.45, 7) is 0. The number of aromatic nitrogens is 2. The van der Waals surface area contributed by atoms with Crippen LogP contribution in [0, 0.1) is 21.4 Å². The molecule has 0 aliphatic heterocycles. The normalized spacial score (nSPS) is 11.4. The Bertz CT molecular complexity index is 902. The van der Waals surface area contributed by atoms with Crippen LogP contribution in [0.25, 0.3) is 0 Å². The van der Waals surface area contributed by atoms with Crippen LogP contribution in [-0.2, 0) is 6.42 Å². The quantitative estimate of drug-likeness (QED) is 0.582. The highest BCUT2D eigenvalue weighted by atomic mass is 16.6. The van der Waals surface area contributed by atoms with E-state index < -0.39 is 22.1 Å². The predicted molar refractivity (Wildman–Crippen MR) is 87.5 cm³/mol. The molecule has 1 atom stereocenters. The lowest BCUT2D eigenvalue weighted by molar-refractivity contribution is -0.387. The minimum atomic E-state index is -1.04. The van der Waals surface area contributed by atoms with Gasteiger partial charge < -0.3 is 15.2 Å². The Morgan fingerprint density at radius 1 is 1.40 bits per heavy atom. The second kappa shape index (κ2) is 7.31. The smallest absolute Gasteiger partial charge is 0.356 e. The van der Waals surface area contributed by atoms with Crippen LogP contribution in [0.3, 0.4) is 0 Å². The van der Waals surface area contributed by atoms with Crippen LogP contribution >= 0.6 is 0 Å². The molecule has 0 amide bonds. The molecule has 0 fully saturated rings. The molecule has 0 bridgehead atoms. The summed E-state index contributed by atoms with van der Waals surface area (Å²) in [7, 11) is 2.95. The number of rotatable bonds is 6. The number of methoxy groups -OCH3 is 2. The van der Waals surface area contributed by atoms with Crippen LogP contribution in [0.2, 0.25) is 0 Å². The Kier molecular flexibility index (Phi) is 5.18. The first-order chi connectivity index (χ1) is 11.9. The SMILES string of the molecule is COc1ccc(CC(C#N)c2nc(N)[nH]c(=O)c2[N+](=O)[O-])cc1OC. The van der Waals surface area contributed by atoms with E-state index in [1.165, 1.54) is 14.2 Å². The van der Waals surface area contributed by atoms with Gasteiger partial charge in [0.05, 0.1) is 31.1 Å². The van der Waals surface area contributed by atoms with Gasteiger partial charge in [0.2, 0.25) is 5.95 Å². The first-order valence-corrected chi connectivity index (χ1v) is 7.05. The zero-order chi connectivity index (χ0) is 18.6. The molecular weight excluding hydrogens is 330 g/mol. The summed E-state index contributed by atoms with van der Waals surface area (Å²) in [6, 6.07) is 6.92. The molecule has 0 spiro atoms. The summed E-state index contributed by atoms with van der Waals surface area (Å²) in [5.41, 5.74) is 4.05. The van der Waals surface area contributed by atoms with E-state index in [4.69, 9.17) is 15.2 Å². The number of benzene rings is 1. The lowest BCUT2D eigenvalue weighted by Gasteiger charge is -2.12. The van der Waals surface area contributed by atoms with Gasteiger partial charge in [-0.05, 0) is 24.1 Å². The lowest BCUT2D eigenvalue weighted by atomic mass is 9.96. The average molecular weight is 345 g/mol. The topological polar surface area (TPSA) is 157 Å². The van der Waals surface area contributed by atoms with Gasteiger partial charge in [0, 0.05) is 0 Å². The zero-order valence-corrected chi connectivity index (χ0v) is 13.5. The average Bonchev–Trinajstić information content (AvgIpc) is 2.58. The number of ether oxygens (including phenoxy) is 2. The number of aromatic amines is 1. The third kappa shape index (κ3) is 3.66. The molecule has 0 aliphatic rings. The first kappa shape index (κ1) is 17.7. The number of hydrogen-bond donors (Lipinski definition) is 2. The molecule has 1 aromatic carbocycles. The van der Waals surface area contributed by atoms with E-state index >= 15 is 0 Å². The maximum atomic E-state index is 11.8. The number of anilines is 1. The number of nitriles is 1. The van der Waals surface area contributed by atoms with Crippen molar-refractivity contribution < 1.29 is 14.4 Å². The van der Waals surface area contributed by atoms with E-state index in [9.17, 15) is 20.2 Å². The molecule has 25 heavy (non-hydrogen) atoms. The second-order valence-corrected chi connectivity index (χ2v) is 5.02. The van der Waals surface area contributed by atoms with Gasteiger partial charge in [-0.2, -0.15) is 5.26 Å². The minimum absolute atomic E-state index is 0.0770. The molecular formula is C15H15N5O5. The predicted octanol–water partition coefficient (Wildman–Crippen LogP) is 1.13. The number of nitrogens with one attached hydrogen (secondary N) is 1. The fourth-order valence-corrected chi connectivity index (χ4v) is 2.37. The van der Waals surface area contributed by atoms with E-state index in [1.54, 1.807) is 18.2 Å². The van der Waals surface area contributed by atoms with Crippen LogP contribution in [0.1, 0.15) is 17.2 Å². The van der Waals surface area contributed by atoms with Crippen molar-refractivity contribution in [3.8, 4) is 17.6 Å². The minimum Gasteiger partial charge on any atom is -0.493 e. The highest BCUT2D eigenvalue weighted by molar-refractivity contribution is 5.45. The van der Waals surface area contributed by atoms with E-state index in [-0.39, 0.29) is 18.1 Å². The molecule has 0 radical (unpaired) electrons. The van der Waals surface area contributed by atoms with Crippen molar-refractivity contribution in [1.29, 1.82) is 5.26 Å². The highest BCUT2D eigenvalue weighted by Crippen LogP contribution is 2.31. The number of H-pyrrole nitrogens is 1. The third-order valence-electron chi connectivity index (χ3n) is 3.50. The molecule has 0 saturated heterocycles. The van der Waals surface area contributed by atoms with Crippen LogP contribution < -0.4 is 20.8 Å². The Morgan fingerprint density at radius 3 is 2.64 bits per heavy atom. The van der Waals surface area contributed by atoms with Crippen molar-refractivity contribution in [2.24, 2.45) is 0 Å². The molecule has 0 saturated carbocycles. The van der Waals surface area contributed by atoms with Gasteiger partial charge in [-0.3, -0.25) is 19.9 Å². The van der Waals surface area contributed by atoms with Crippen LogP contribution in [-0.4, -0.2) is 29.1 Å². The molecule has 10 heteroatoms. The van der Waals surface area contributed by atoms with Gasteiger partial charge in [-0.15, -0.1) is 0 Å². The van der Waals surface area contributed by atoms with Crippen molar-refractivity contribution in [2.45, 2.75) is 12.3 Å². The molecule has 1 unspecified atom stereocenters. The van der Waals surface area contributed by atoms with Crippen molar-refractivity contribution in [2.75, 3.05) is 20.0 Å². The first-order valence-electron chi connectivity index (χ1n) is 7.05. The Balaban J connectivity index is 2.47. The Morgan fingerprint density at radius 2 is 2.08 bits per heavy atom. The standard InChI is InChI=1S/C15H15N5O5/c1-24-10-4-3-8(6-11(10)25-2)5-9(7-16)12-13(20(22)23)14(21)19-15(17)18-12/h3-4,6,9H,5H2,1-2H3,(H3,17,18,19,21). The Hall–Kier alpha value is -3.61. The van der Waals surface area contributed by atoms with E-state index in [0.717, 1.165) is 0 Å². The molecule has 130 valence electrons. The lowest BCUT2D eigenvalue weighted by Crippen LogP contribution is -2.20. The van der Waals surface area contributed by atoms with Gasteiger partial charge in [-0.25, -0.2) is 4.98 Å². The van der Waals surface area contributed by atoms with Crippen molar-refractivity contribution >= 4 is 11.6 Å². The van der Waals surface area contributed by atoms with Crippen molar-refractivity contribution in [3.05, 3.63) is 49.9 Å². The number of nitro groups is 1. The maximum absolute atomic E-state index is 11.8. The molecule has 2 rings (SSSR count). The summed E-state index contributed by atoms with van der Waals surface area (Å²) < 4.78 is 10.3. The molecule has 0 aliphatic carbocycles. The van der Waals surface area contributed by atoms with Crippen molar-refractivity contribution in [1.82, 2.24) is 9.97 Å². The molecule has 1 heterocycles. The van der Waals surface area contributed by atoms with Gasteiger partial charge in [0.1, 0.15) is 5.69 Å². The summed E-state index contributed by atoms with van der Waals surface area (Å²) >= 11 is 0. The number of hydrogen-bond acceptors (Lipinski definition) is 8. The largest absolute Gasteiger partial charge is 0.493 e. The number of nitrogen functional groups attached to an aromatic ring is 1. The highest BCUT2D eigenvalue weighted by Gasteiger charge is 2.29. The molecule has 10 nitrogen and oxygen atoms in total. The van der Waals surface area contributed by atoms with E-state index in [2.05, 4.69) is 9.97 Å². The van der Waals surface area contributed by atoms with E-state index in [1.807, 2.05) is 6.07 Å². The summed E-state index contributed by atoms with van der Waals surface area (Å²) in [4.78, 5) is 28.0. The number of nitrogens with two attached hydrogens (primary N) is 1. The fraction of sp³-hybridized carbons (Fsp3) is 0.267. The molecule has 3 N–H and O–H groups in total. The summed E-state index contributed by atoms with van der Waals surface area (Å²) in [5, 5.41) is 20.6. The van der Waals surface area contributed by atoms with Gasteiger partial charge in [0.25, 0.3) is 0 Å². The number of nitrogens with zero attached hydrogens (tertiary/aromatic N) is 3. The van der Waals surface area contributed by atoms with Crippen molar-refractivity contribution in [3.63, 3.8) is 0 Å². The van der Waals surface area contributed by atoms with Crippen LogP contribution in [0.15, 0.2) is 23.0 Å². The van der Waals surface area contributed by atoms with E-state index in [0.29, 0.717) is 17.1 Å². The van der Waals surface area contributed by atoms with Gasteiger partial charge in [-0.1, -0.05) is 6.07 Å². The van der Waals surface area contributed by atoms with Crippen LogP contribution in [0.4, 0.5) is 11.6 Å². The maximum Gasteiger partial charge on any atom is 0.356 e. The molecule has 1 aromatic heterocycles. The van der Waals surface area contributed by atoms with Crippen LogP contribution in [0.5, 0.6) is 11.5 Å². The third-order valence-corrected chi connectivity index (χ3v) is 3.50. The summed E-state index contributed by atoms with van der Waals surface area (Å²) in [6.07, 6.45) is 0.0770.